The Morgan fingerprint density at radius 2 is 1.81 bits per heavy atom. The van der Waals surface area contributed by atoms with Gasteiger partial charge in [0.2, 0.25) is 5.91 Å². The summed E-state index contributed by atoms with van der Waals surface area (Å²) < 4.78 is 0. The molecule has 7 nitrogen and oxygen atoms in total. The van der Waals surface area contributed by atoms with Gasteiger partial charge in [-0.25, -0.2) is 4.98 Å². The molecule has 2 amide bonds. The fraction of sp³-hybridized carbons (Fsp3) is 0.500. The Labute approximate surface area is 158 Å². The van der Waals surface area contributed by atoms with Crippen LogP contribution in [0.25, 0.3) is 0 Å². The summed E-state index contributed by atoms with van der Waals surface area (Å²) in [5, 5.41) is 7.35. The second kappa shape index (κ2) is 6.48. The molecule has 2 saturated heterocycles. The van der Waals surface area contributed by atoms with E-state index >= 15 is 0 Å². The molecule has 1 aromatic heterocycles. The summed E-state index contributed by atoms with van der Waals surface area (Å²) in [5.41, 5.74) is 0.286. The number of nitrogens with one attached hydrogen (secondary N) is 1. The van der Waals surface area contributed by atoms with Crippen LogP contribution < -0.4 is 0 Å². The third kappa shape index (κ3) is 2.91. The Morgan fingerprint density at radius 3 is 2.44 bits per heavy atom. The molecule has 0 radical (unpaired) electrons. The molecule has 1 aromatic carbocycles. The van der Waals surface area contributed by atoms with Crippen LogP contribution in [0.5, 0.6) is 0 Å². The molecule has 2 aliphatic rings. The predicted octanol–water partition coefficient (Wildman–Crippen LogP) is 1.62. The number of H-pyrrole nitrogens is 1. The van der Waals surface area contributed by atoms with Crippen molar-refractivity contribution >= 4 is 11.8 Å². The lowest BCUT2D eigenvalue weighted by atomic mass is 9.80. The molecule has 0 bridgehead atoms. The minimum absolute atomic E-state index is 0.0263. The summed E-state index contributed by atoms with van der Waals surface area (Å²) in [5.74, 6) is 1.74. The molecule has 2 fully saturated rings. The van der Waals surface area contributed by atoms with E-state index in [2.05, 4.69) is 15.2 Å². The number of amides is 2. The van der Waals surface area contributed by atoms with Gasteiger partial charge in [0.25, 0.3) is 5.91 Å². The summed E-state index contributed by atoms with van der Waals surface area (Å²) in [6.45, 7) is 8.06. The van der Waals surface area contributed by atoms with Crippen LogP contribution in [0.1, 0.15) is 35.9 Å². The monoisotopic (exact) mass is 367 g/mol. The Balaban J connectivity index is 1.64. The van der Waals surface area contributed by atoms with Gasteiger partial charge in [0.15, 0.2) is 5.82 Å². The molecule has 3 heterocycles. The lowest BCUT2D eigenvalue weighted by Gasteiger charge is -2.27. The van der Waals surface area contributed by atoms with Gasteiger partial charge < -0.3 is 9.80 Å². The van der Waals surface area contributed by atoms with E-state index in [1.807, 2.05) is 60.9 Å². The van der Waals surface area contributed by atoms with Crippen LogP contribution in [0.15, 0.2) is 30.3 Å². The summed E-state index contributed by atoms with van der Waals surface area (Å²) in [4.78, 5) is 34.0. The Hall–Kier alpha value is -2.70. The normalized spacial score (nSPS) is 24.5. The SMILES string of the molecule is Cc1nc([C@]23CN(C(=O)c4ccccc4)C[C@H]2CN(C(=O)C(C)C)C3)n[nH]1. The van der Waals surface area contributed by atoms with Crippen LogP contribution in [-0.4, -0.2) is 63.0 Å². The van der Waals surface area contributed by atoms with Crippen LogP contribution in [0.3, 0.4) is 0 Å². The Morgan fingerprint density at radius 1 is 1.15 bits per heavy atom. The molecular weight excluding hydrogens is 342 g/mol. The maximum absolute atomic E-state index is 13.0. The van der Waals surface area contributed by atoms with Gasteiger partial charge in [-0.1, -0.05) is 32.0 Å². The van der Waals surface area contributed by atoms with Crippen LogP contribution in [-0.2, 0) is 10.2 Å². The molecule has 4 rings (SSSR count). The standard InChI is InChI=1S/C20H25N5O2/c1-13(2)17(26)24-9-16-10-25(18(27)15-7-5-4-6-8-15)12-20(16,11-24)19-21-14(3)22-23-19/h4-8,13,16H,9-12H2,1-3H3,(H,21,22,23)/t16-,20-/m1/s1. The molecule has 142 valence electrons. The summed E-state index contributed by atoms with van der Waals surface area (Å²) in [6.07, 6.45) is 0. The van der Waals surface area contributed by atoms with Crippen molar-refractivity contribution in [1.82, 2.24) is 25.0 Å². The first-order valence-corrected chi connectivity index (χ1v) is 9.43. The maximum atomic E-state index is 13.0. The van der Waals surface area contributed by atoms with Crippen molar-refractivity contribution < 1.29 is 9.59 Å². The molecule has 1 N–H and O–H groups in total. The fourth-order valence-electron chi connectivity index (χ4n) is 4.40. The van der Waals surface area contributed by atoms with Crippen molar-refractivity contribution in [2.24, 2.45) is 11.8 Å². The lowest BCUT2D eigenvalue weighted by molar-refractivity contribution is -0.133. The molecule has 27 heavy (non-hydrogen) atoms. The van der Waals surface area contributed by atoms with E-state index in [-0.39, 0.29) is 23.7 Å². The highest BCUT2D eigenvalue weighted by molar-refractivity contribution is 5.94. The highest BCUT2D eigenvalue weighted by atomic mass is 16.2. The van der Waals surface area contributed by atoms with Gasteiger partial charge in [-0.15, -0.1) is 0 Å². The number of fused-ring (bicyclic) bond motifs is 1. The van der Waals surface area contributed by atoms with E-state index in [4.69, 9.17) is 0 Å². The third-order valence-corrected chi connectivity index (χ3v) is 5.77. The van der Waals surface area contributed by atoms with Gasteiger partial charge in [-0.05, 0) is 19.1 Å². The highest BCUT2D eigenvalue weighted by Gasteiger charge is 2.57. The van der Waals surface area contributed by atoms with Crippen LogP contribution in [0.2, 0.25) is 0 Å². The number of rotatable bonds is 3. The van der Waals surface area contributed by atoms with Gasteiger partial charge in [-0.3, -0.25) is 14.7 Å². The summed E-state index contributed by atoms with van der Waals surface area (Å²) in [7, 11) is 0. The van der Waals surface area contributed by atoms with Crippen LogP contribution in [0.4, 0.5) is 0 Å². The zero-order valence-corrected chi connectivity index (χ0v) is 16.0. The molecule has 0 spiro atoms. The number of nitrogens with zero attached hydrogens (tertiary/aromatic N) is 4. The minimum Gasteiger partial charge on any atom is -0.341 e. The van der Waals surface area contributed by atoms with E-state index in [0.29, 0.717) is 37.6 Å². The fourth-order valence-corrected chi connectivity index (χ4v) is 4.40. The molecule has 2 aromatic rings. The average Bonchev–Trinajstić information content (AvgIpc) is 3.33. The molecule has 0 saturated carbocycles. The number of aromatic amines is 1. The molecular formula is C20H25N5O2. The van der Waals surface area contributed by atoms with Crippen molar-refractivity contribution in [3.05, 3.63) is 47.5 Å². The van der Waals surface area contributed by atoms with Crippen molar-refractivity contribution in [2.75, 3.05) is 26.2 Å². The quantitative estimate of drug-likeness (QED) is 0.894. The van der Waals surface area contributed by atoms with Crippen LogP contribution in [0, 0.1) is 18.8 Å². The first kappa shape index (κ1) is 17.7. The molecule has 7 heteroatoms. The predicted molar refractivity (Wildman–Crippen MR) is 100 cm³/mol. The number of hydrogen-bond donors (Lipinski definition) is 1. The topological polar surface area (TPSA) is 82.2 Å². The zero-order valence-electron chi connectivity index (χ0n) is 16.0. The van der Waals surface area contributed by atoms with Crippen molar-refractivity contribution in [2.45, 2.75) is 26.2 Å². The minimum atomic E-state index is -0.403. The number of aromatic nitrogens is 3. The van der Waals surface area contributed by atoms with E-state index in [1.54, 1.807) is 0 Å². The first-order chi connectivity index (χ1) is 12.9. The summed E-state index contributed by atoms with van der Waals surface area (Å²) >= 11 is 0. The largest absolute Gasteiger partial charge is 0.341 e. The van der Waals surface area contributed by atoms with Gasteiger partial charge in [0.1, 0.15) is 5.82 Å². The van der Waals surface area contributed by atoms with Gasteiger partial charge >= 0.3 is 0 Å². The third-order valence-electron chi connectivity index (χ3n) is 5.77. The Kier molecular flexibility index (Phi) is 4.25. The Bertz CT molecular complexity index is 862. The van der Waals surface area contributed by atoms with E-state index in [9.17, 15) is 9.59 Å². The highest BCUT2D eigenvalue weighted by Crippen LogP contribution is 2.44. The van der Waals surface area contributed by atoms with E-state index < -0.39 is 5.41 Å². The first-order valence-electron chi connectivity index (χ1n) is 9.43. The number of hydrogen-bond acceptors (Lipinski definition) is 4. The molecule has 0 aliphatic carbocycles. The molecule has 0 unspecified atom stereocenters. The molecule has 2 aliphatic heterocycles. The maximum Gasteiger partial charge on any atom is 0.253 e. The summed E-state index contributed by atoms with van der Waals surface area (Å²) in [6, 6.07) is 9.34. The van der Waals surface area contributed by atoms with Gasteiger partial charge in [0, 0.05) is 43.6 Å². The van der Waals surface area contributed by atoms with Crippen molar-refractivity contribution in [3.63, 3.8) is 0 Å². The average molecular weight is 367 g/mol. The second-order valence-corrected chi connectivity index (χ2v) is 8.02. The van der Waals surface area contributed by atoms with E-state index in [1.165, 1.54) is 0 Å². The lowest BCUT2D eigenvalue weighted by Crippen LogP contribution is -2.42. The second-order valence-electron chi connectivity index (χ2n) is 8.02. The van der Waals surface area contributed by atoms with Crippen LogP contribution >= 0.6 is 0 Å². The van der Waals surface area contributed by atoms with Crippen molar-refractivity contribution in [1.29, 1.82) is 0 Å². The van der Waals surface area contributed by atoms with Crippen molar-refractivity contribution in [3.8, 4) is 0 Å². The number of likely N-dealkylation sites (tertiary alicyclic amines) is 2. The van der Waals surface area contributed by atoms with Gasteiger partial charge in [-0.2, -0.15) is 5.10 Å². The zero-order chi connectivity index (χ0) is 19.2. The molecule has 2 atom stereocenters. The van der Waals surface area contributed by atoms with E-state index in [0.717, 1.165) is 5.82 Å². The number of carbonyl (C=O) groups excluding carboxylic acids is 2. The smallest absolute Gasteiger partial charge is 0.253 e. The number of benzene rings is 1. The van der Waals surface area contributed by atoms with Gasteiger partial charge in [0.05, 0.1) is 5.41 Å². The number of aryl methyl sites for hydroxylation is 1. The number of carbonyl (C=O) groups is 2.